The van der Waals surface area contributed by atoms with Crippen molar-refractivity contribution in [2.24, 2.45) is 0 Å². The molecule has 1 aromatic rings. The minimum absolute atomic E-state index is 0.102. The molecule has 1 amide bonds. The average Bonchev–Trinajstić information content (AvgIpc) is 2.67. The van der Waals surface area contributed by atoms with Gasteiger partial charge in [-0.05, 0) is 66.8 Å². The number of carbonyl (C=O) groups is 1. The Balaban J connectivity index is 2.33. The van der Waals surface area contributed by atoms with Crippen molar-refractivity contribution >= 4 is 46.6 Å². The second kappa shape index (κ2) is 7.20. The van der Waals surface area contributed by atoms with Crippen LogP contribution in [0.1, 0.15) is 40.2 Å². The normalized spacial score (nSPS) is 19.5. The zero-order valence-corrected chi connectivity index (χ0v) is 16.9. The molecule has 1 aliphatic rings. The summed E-state index contributed by atoms with van der Waals surface area (Å²) in [5, 5.41) is 3.46. The maximum atomic E-state index is 11.3. The van der Waals surface area contributed by atoms with Crippen molar-refractivity contribution in [3.05, 3.63) is 38.7 Å². The lowest BCUT2D eigenvalue weighted by atomic mass is 9.77. The smallest absolute Gasteiger partial charge is 0.400 e. The molecule has 0 spiro atoms. The van der Waals surface area contributed by atoms with Crippen LogP contribution in [0.4, 0.5) is 0 Å². The van der Waals surface area contributed by atoms with Gasteiger partial charge in [-0.1, -0.05) is 23.7 Å². The molecule has 0 saturated carbocycles. The predicted octanol–water partition coefficient (Wildman–Crippen LogP) is 4.25. The molecule has 1 aliphatic heterocycles. The van der Waals surface area contributed by atoms with Crippen LogP contribution in [0, 0.1) is 0 Å². The van der Waals surface area contributed by atoms with Crippen LogP contribution in [0.5, 0.6) is 0 Å². The molecule has 1 fully saturated rings. The van der Waals surface area contributed by atoms with E-state index in [4.69, 9.17) is 20.9 Å². The van der Waals surface area contributed by atoms with E-state index in [0.29, 0.717) is 11.6 Å². The van der Waals surface area contributed by atoms with E-state index in [1.54, 1.807) is 0 Å². The summed E-state index contributed by atoms with van der Waals surface area (Å²) in [6.07, 6.45) is 1.96. The Labute approximate surface area is 157 Å². The summed E-state index contributed by atoms with van der Waals surface area (Å²) in [4.78, 5) is 11.3. The van der Waals surface area contributed by atoms with E-state index in [1.165, 1.54) is 6.92 Å². The zero-order valence-electron chi connectivity index (χ0n) is 14.6. The lowest BCUT2D eigenvalue weighted by molar-refractivity contribution is -0.118. The molecule has 1 aromatic carbocycles. The zero-order chi connectivity index (χ0) is 18.1. The van der Waals surface area contributed by atoms with Crippen molar-refractivity contribution in [3.8, 4) is 0 Å². The number of amides is 1. The number of hydrogen-bond acceptors (Lipinski definition) is 3. The second-order valence-electron chi connectivity index (χ2n) is 6.89. The SMILES string of the molecule is CC(=O)NCC(=Cc1ccc(Cl)c(Br)c1)B1OC(C)(C)C(C)(C)O1. The van der Waals surface area contributed by atoms with Gasteiger partial charge in [0.1, 0.15) is 0 Å². The molecule has 0 bridgehead atoms. The van der Waals surface area contributed by atoms with Gasteiger partial charge in [0.25, 0.3) is 0 Å². The van der Waals surface area contributed by atoms with Crippen molar-refractivity contribution in [3.63, 3.8) is 0 Å². The molecule has 0 aliphatic carbocycles. The number of halogens is 2. The van der Waals surface area contributed by atoms with Crippen molar-refractivity contribution in [1.82, 2.24) is 5.32 Å². The number of nitrogens with one attached hydrogen (secondary N) is 1. The molecule has 24 heavy (non-hydrogen) atoms. The highest BCUT2D eigenvalue weighted by molar-refractivity contribution is 9.10. The van der Waals surface area contributed by atoms with E-state index < -0.39 is 18.3 Å². The molecular formula is C17H22BBrClNO3. The van der Waals surface area contributed by atoms with Crippen LogP contribution >= 0.6 is 27.5 Å². The average molecular weight is 415 g/mol. The van der Waals surface area contributed by atoms with E-state index in [9.17, 15) is 4.79 Å². The van der Waals surface area contributed by atoms with E-state index in [1.807, 2.05) is 52.0 Å². The molecule has 1 heterocycles. The van der Waals surface area contributed by atoms with Gasteiger partial charge in [0.2, 0.25) is 5.91 Å². The minimum Gasteiger partial charge on any atom is -0.400 e. The number of hydrogen-bond donors (Lipinski definition) is 1. The number of carbonyl (C=O) groups excluding carboxylic acids is 1. The van der Waals surface area contributed by atoms with Crippen molar-refractivity contribution in [2.45, 2.75) is 45.8 Å². The number of benzene rings is 1. The summed E-state index contributed by atoms with van der Waals surface area (Å²) in [5.74, 6) is -0.102. The van der Waals surface area contributed by atoms with Gasteiger partial charge in [0.05, 0.1) is 16.2 Å². The van der Waals surface area contributed by atoms with Crippen LogP contribution in [0.2, 0.25) is 5.02 Å². The standard InChI is InChI=1S/C17H22BBrClNO3/c1-11(22)21-10-13(8-12-6-7-15(20)14(19)9-12)18-23-16(2,3)17(4,5)24-18/h6-9H,10H2,1-5H3,(H,21,22). The third-order valence-corrected chi connectivity index (χ3v) is 5.61. The van der Waals surface area contributed by atoms with E-state index in [-0.39, 0.29) is 5.91 Å². The van der Waals surface area contributed by atoms with Crippen molar-refractivity contribution < 1.29 is 14.1 Å². The van der Waals surface area contributed by atoms with Crippen LogP contribution in [-0.2, 0) is 14.1 Å². The number of rotatable bonds is 4. The Kier molecular flexibility index (Phi) is 5.85. The lowest BCUT2D eigenvalue weighted by Crippen LogP contribution is -2.41. The summed E-state index contributed by atoms with van der Waals surface area (Å²) < 4.78 is 13.0. The first-order valence-corrected chi connectivity index (χ1v) is 8.94. The molecular weight excluding hydrogens is 392 g/mol. The first-order valence-electron chi connectivity index (χ1n) is 7.77. The maximum Gasteiger partial charge on any atom is 0.492 e. The molecule has 1 saturated heterocycles. The van der Waals surface area contributed by atoms with Crippen LogP contribution in [0.15, 0.2) is 28.1 Å². The molecule has 0 atom stereocenters. The predicted molar refractivity (Wildman–Crippen MR) is 102 cm³/mol. The Morgan fingerprint density at radius 2 is 1.88 bits per heavy atom. The third-order valence-electron chi connectivity index (χ3n) is 4.39. The molecule has 130 valence electrons. The molecule has 2 rings (SSSR count). The van der Waals surface area contributed by atoms with Crippen LogP contribution in [0.25, 0.3) is 6.08 Å². The van der Waals surface area contributed by atoms with Crippen molar-refractivity contribution in [1.29, 1.82) is 0 Å². The summed E-state index contributed by atoms with van der Waals surface area (Å²) in [7, 11) is -0.517. The van der Waals surface area contributed by atoms with E-state index in [2.05, 4.69) is 21.2 Å². The Morgan fingerprint density at radius 3 is 2.38 bits per heavy atom. The van der Waals surface area contributed by atoms with Crippen LogP contribution in [-0.4, -0.2) is 30.8 Å². The van der Waals surface area contributed by atoms with E-state index in [0.717, 1.165) is 15.5 Å². The fraction of sp³-hybridized carbons (Fsp3) is 0.471. The summed E-state index contributed by atoms with van der Waals surface area (Å²) in [6, 6.07) is 5.64. The van der Waals surface area contributed by atoms with Gasteiger partial charge in [0.15, 0.2) is 0 Å². The van der Waals surface area contributed by atoms with Gasteiger partial charge < -0.3 is 14.6 Å². The van der Waals surface area contributed by atoms with Crippen molar-refractivity contribution in [2.75, 3.05) is 6.54 Å². The Hall–Kier alpha value is -0.815. The molecule has 0 aromatic heterocycles. The van der Waals surface area contributed by atoms with Gasteiger partial charge in [-0.2, -0.15) is 0 Å². The van der Waals surface area contributed by atoms with E-state index >= 15 is 0 Å². The molecule has 1 N–H and O–H groups in total. The minimum atomic E-state index is -0.517. The Bertz CT molecular complexity index is 660. The third kappa shape index (κ3) is 4.42. The highest BCUT2D eigenvalue weighted by atomic mass is 79.9. The van der Waals surface area contributed by atoms with Gasteiger partial charge in [-0.25, -0.2) is 0 Å². The first kappa shape index (κ1) is 19.5. The first-order chi connectivity index (χ1) is 11.0. The molecule has 4 nitrogen and oxygen atoms in total. The van der Waals surface area contributed by atoms with Crippen LogP contribution in [0.3, 0.4) is 0 Å². The second-order valence-corrected chi connectivity index (χ2v) is 8.15. The highest BCUT2D eigenvalue weighted by Gasteiger charge is 2.52. The lowest BCUT2D eigenvalue weighted by Gasteiger charge is -2.32. The topological polar surface area (TPSA) is 47.6 Å². The molecule has 0 unspecified atom stereocenters. The fourth-order valence-corrected chi connectivity index (χ4v) is 2.75. The monoisotopic (exact) mass is 413 g/mol. The molecule has 0 radical (unpaired) electrons. The largest absolute Gasteiger partial charge is 0.492 e. The van der Waals surface area contributed by atoms with Gasteiger partial charge in [0, 0.05) is 17.9 Å². The van der Waals surface area contributed by atoms with Gasteiger partial charge in [-0.3, -0.25) is 4.79 Å². The van der Waals surface area contributed by atoms with Gasteiger partial charge >= 0.3 is 7.12 Å². The summed E-state index contributed by atoms with van der Waals surface area (Å²) in [5.41, 5.74) is 0.917. The van der Waals surface area contributed by atoms with Gasteiger partial charge in [-0.15, -0.1) is 0 Å². The van der Waals surface area contributed by atoms with Crippen LogP contribution < -0.4 is 5.32 Å². The molecule has 7 heteroatoms. The quantitative estimate of drug-likeness (QED) is 0.749. The Morgan fingerprint density at radius 1 is 1.29 bits per heavy atom. The fourth-order valence-electron chi connectivity index (χ4n) is 2.24. The highest BCUT2D eigenvalue weighted by Crippen LogP contribution is 2.38. The maximum absolute atomic E-state index is 11.3. The summed E-state index contributed by atoms with van der Waals surface area (Å²) in [6.45, 7) is 9.85. The summed E-state index contributed by atoms with van der Waals surface area (Å²) >= 11 is 9.47.